The van der Waals surface area contributed by atoms with Gasteiger partial charge in [0, 0.05) is 11.8 Å². The molecular weight excluding hydrogens is 246 g/mol. The van der Waals surface area contributed by atoms with Crippen molar-refractivity contribution < 1.29 is 14.6 Å². The van der Waals surface area contributed by atoms with E-state index in [9.17, 15) is 9.90 Å². The fourth-order valence-corrected chi connectivity index (χ4v) is 1.61. The molecular formula is C13H15N3O3. The molecule has 0 saturated carbocycles. The van der Waals surface area contributed by atoms with Gasteiger partial charge in [0.1, 0.15) is 11.5 Å². The van der Waals surface area contributed by atoms with Crippen molar-refractivity contribution in [1.29, 1.82) is 0 Å². The number of hydrogen-bond acceptors (Lipinski definition) is 4. The quantitative estimate of drug-likeness (QED) is 0.784. The fourth-order valence-electron chi connectivity index (χ4n) is 1.61. The molecule has 0 unspecified atom stereocenters. The smallest absolute Gasteiger partial charge is 0.260 e. The minimum atomic E-state index is -0.439. The van der Waals surface area contributed by atoms with Gasteiger partial charge in [-0.05, 0) is 24.6 Å². The lowest BCUT2D eigenvalue weighted by Gasteiger charge is -2.06. The monoisotopic (exact) mass is 261 g/mol. The third kappa shape index (κ3) is 2.85. The van der Waals surface area contributed by atoms with Crippen LogP contribution in [0.5, 0.6) is 11.5 Å². The van der Waals surface area contributed by atoms with Gasteiger partial charge in [-0.15, -0.1) is 0 Å². The number of ether oxygens (including phenoxy) is 1. The van der Waals surface area contributed by atoms with Crippen LogP contribution in [0, 0.1) is 0 Å². The summed E-state index contributed by atoms with van der Waals surface area (Å²) in [5.41, 5.74) is 1.06. The third-order valence-electron chi connectivity index (χ3n) is 2.70. The van der Waals surface area contributed by atoms with Crippen LogP contribution in [0.15, 0.2) is 24.3 Å². The first kappa shape index (κ1) is 12.9. The van der Waals surface area contributed by atoms with Crippen LogP contribution in [0.2, 0.25) is 0 Å². The van der Waals surface area contributed by atoms with Crippen molar-refractivity contribution in [2.45, 2.75) is 13.3 Å². The van der Waals surface area contributed by atoms with Gasteiger partial charge in [0.25, 0.3) is 5.91 Å². The SMILES string of the molecule is CCc1cc(NC(=O)c2cc(OC)ccc2O)n[nH]1. The highest BCUT2D eigenvalue weighted by Gasteiger charge is 2.13. The summed E-state index contributed by atoms with van der Waals surface area (Å²) in [6.07, 6.45) is 0.799. The van der Waals surface area contributed by atoms with E-state index in [-0.39, 0.29) is 11.3 Å². The van der Waals surface area contributed by atoms with Crippen LogP contribution in [0.25, 0.3) is 0 Å². The minimum absolute atomic E-state index is 0.107. The van der Waals surface area contributed by atoms with E-state index in [1.807, 2.05) is 6.92 Å². The van der Waals surface area contributed by atoms with E-state index in [1.54, 1.807) is 12.1 Å². The number of anilines is 1. The van der Waals surface area contributed by atoms with Gasteiger partial charge in [-0.1, -0.05) is 6.92 Å². The van der Waals surface area contributed by atoms with E-state index >= 15 is 0 Å². The summed E-state index contributed by atoms with van der Waals surface area (Å²) in [7, 11) is 1.50. The van der Waals surface area contributed by atoms with Crippen molar-refractivity contribution in [1.82, 2.24) is 10.2 Å². The van der Waals surface area contributed by atoms with Crippen molar-refractivity contribution >= 4 is 11.7 Å². The highest BCUT2D eigenvalue weighted by molar-refractivity contribution is 6.05. The summed E-state index contributed by atoms with van der Waals surface area (Å²) < 4.78 is 5.02. The molecule has 0 aliphatic rings. The Kier molecular flexibility index (Phi) is 3.70. The number of hydrogen-bond donors (Lipinski definition) is 3. The molecule has 3 N–H and O–H groups in total. The Balaban J connectivity index is 2.19. The second kappa shape index (κ2) is 5.43. The number of aryl methyl sites for hydroxylation is 1. The molecule has 1 heterocycles. The maximum absolute atomic E-state index is 12.0. The number of aromatic nitrogens is 2. The molecule has 0 bridgehead atoms. The van der Waals surface area contributed by atoms with Crippen LogP contribution in [0.1, 0.15) is 23.0 Å². The minimum Gasteiger partial charge on any atom is -0.507 e. The second-order valence-electron chi connectivity index (χ2n) is 3.97. The van der Waals surface area contributed by atoms with Gasteiger partial charge in [-0.25, -0.2) is 0 Å². The Bertz CT molecular complexity index is 593. The normalized spacial score (nSPS) is 10.2. The van der Waals surface area contributed by atoms with E-state index in [0.29, 0.717) is 11.6 Å². The number of aromatic amines is 1. The molecule has 1 aromatic heterocycles. The maximum atomic E-state index is 12.0. The summed E-state index contributed by atoms with van der Waals surface area (Å²) in [6.45, 7) is 1.98. The number of nitrogens with zero attached hydrogens (tertiary/aromatic N) is 1. The predicted molar refractivity (Wildman–Crippen MR) is 70.6 cm³/mol. The Morgan fingerprint density at radius 2 is 2.26 bits per heavy atom. The lowest BCUT2D eigenvalue weighted by molar-refractivity contribution is 0.102. The Morgan fingerprint density at radius 1 is 1.47 bits per heavy atom. The molecule has 2 rings (SSSR count). The highest BCUT2D eigenvalue weighted by Crippen LogP contribution is 2.23. The molecule has 6 heteroatoms. The standard InChI is InChI=1S/C13H15N3O3/c1-3-8-6-12(16-15-8)14-13(18)10-7-9(19-2)4-5-11(10)17/h4-7,17H,3H2,1-2H3,(H2,14,15,16,18). The number of aromatic hydroxyl groups is 1. The average molecular weight is 261 g/mol. The molecule has 0 aliphatic carbocycles. The van der Waals surface area contributed by atoms with Crippen LogP contribution < -0.4 is 10.1 Å². The third-order valence-corrected chi connectivity index (χ3v) is 2.70. The zero-order valence-corrected chi connectivity index (χ0v) is 10.7. The van der Waals surface area contributed by atoms with Gasteiger partial charge in [-0.2, -0.15) is 5.10 Å². The van der Waals surface area contributed by atoms with Crippen molar-refractivity contribution in [2.75, 3.05) is 12.4 Å². The molecule has 0 aliphatic heterocycles. The zero-order chi connectivity index (χ0) is 13.8. The highest BCUT2D eigenvalue weighted by atomic mass is 16.5. The van der Waals surface area contributed by atoms with Crippen molar-refractivity contribution in [2.24, 2.45) is 0 Å². The van der Waals surface area contributed by atoms with Crippen molar-refractivity contribution in [3.63, 3.8) is 0 Å². The van der Waals surface area contributed by atoms with Gasteiger partial charge in [-0.3, -0.25) is 9.89 Å². The first-order valence-corrected chi connectivity index (χ1v) is 5.86. The molecule has 0 spiro atoms. The van der Waals surface area contributed by atoms with E-state index in [0.717, 1.165) is 12.1 Å². The molecule has 100 valence electrons. The van der Waals surface area contributed by atoms with E-state index in [2.05, 4.69) is 15.5 Å². The molecule has 2 aromatic rings. The van der Waals surface area contributed by atoms with Crippen LogP contribution in [-0.4, -0.2) is 28.3 Å². The van der Waals surface area contributed by atoms with Crippen LogP contribution in [0.3, 0.4) is 0 Å². The van der Waals surface area contributed by atoms with Gasteiger partial charge in [0.2, 0.25) is 0 Å². The Morgan fingerprint density at radius 3 is 2.89 bits per heavy atom. The number of nitrogens with one attached hydrogen (secondary N) is 2. The molecule has 0 saturated heterocycles. The summed E-state index contributed by atoms with van der Waals surface area (Å²) >= 11 is 0. The zero-order valence-electron chi connectivity index (χ0n) is 10.7. The number of methoxy groups -OCH3 is 1. The molecule has 6 nitrogen and oxygen atoms in total. The summed E-state index contributed by atoms with van der Waals surface area (Å²) in [5.74, 6) is 0.374. The van der Waals surface area contributed by atoms with E-state index in [4.69, 9.17) is 4.74 Å². The first-order chi connectivity index (χ1) is 9.13. The predicted octanol–water partition coefficient (Wildman–Crippen LogP) is 1.94. The molecule has 0 fully saturated rings. The van der Waals surface area contributed by atoms with Crippen molar-refractivity contribution in [3.05, 3.63) is 35.5 Å². The van der Waals surface area contributed by atoms with Crippen LogP contribution >= 0.6 is 0 Å². The number of H-pyrrole nitrogens is 1. The van der Waals surface area contributed by atoms with Gasteiger partial charge in [0.15, 0.2) is 5.82 Å². The van der Waals surface area contributed by atoms with Crippen LogP contribution in [-0.2, 0) is 6.42 Å². The average Bonchev–Trinajstić information content (AvgIpc) is 2.87. The van der Waals surface area contributed by atoms with Gasteiger partial charge < -0.3 is 15.2 Å². The fraction of sp³-hybridized carbons (Fsp3) is 0.231. The lowest BCUT2D eigenvalue weighted by Crippen LogP contribution is -2.12. The van der Waals surface area contributed by atoms with Crippen molar-refractivity contribution in [3.8, 4) is 11.5 Å². The molecule has 1 amide bonds. The number of phenolic OH excluding ortho intramolecular Hbond substituents is 1. The lowest BCUT2D eigenvalue weighted by atomic mass is 10.1. The van der Waals surface area contributed by atoms with E-state index < -0.39 is 5.91 Å². The van der Waals surface area contributed by atoms with Gasteiger partial charge >= 0.3 is 0 Å². The number of benzene rings is 1. The topological polar surface area (TPSA) is 87.2 Å². The Labute approximate surface area is 110 Å². The first-order valence-electron chi connectivity index (χ1n) is 5.86. The Hall–Kier alpha value is -2.50. The summed E-state index contributed by atoms with van der Waals surface area (Å²) in [5, 5.41) is 19.0. The molecule has 0 atom stereocenters. The molecule has 19 heavy (non-hydrogen) atoms. The molecule has 1 aromatic carbocycles. The second-order valence-corrected chi connectivity index (χ2v) is 3.97. The number of rotatable bonds is 4. The summed E-state index contributed by atoms with van der Waals surface area (Å²) in [4.78, 5) is 12.0. The number of phenols is 1. The summed E-state index contributed by atoms with van der Waals surface area (Å²) in [6, 6.07) is 6.21. The van der Waals surface area contributed by atoms with Gasteiger partial charge in [0.05, 0.1) is 12.7 Å². The molecule has 0 radical (unpaired) electrons. The maximum Gasteiger partial charge on any atom is 0.260 e. The van der Waals surface area contributed by atoms with E-state index in [1.165, 1.54) is 19.2 Å². The largest absolute Gasteiger partial charge is 0.507 e. The van der Waals surface area contributed by atoms with Crippen LogP contribution in [0.4, 0.5) is 5.82 Å². The number of carbonyl (C=O) groups excluding carboxylic acids is 1. The number of amides is 1. The number of carbonyl (C=O) groups is 1.